The Bertz CT molecular complexity index is 363. The molecule has 0 bridgehead atoms. The second kappa shape index (κ2) is 6.71. The summed E-state index contributed by atoms with van der Waals surface area (Å²) in [4.78, 5) is 16.4. The lowest BCUT2D eigenvalue weighted by atomic mass is 10.0. The quantitative estimate of drug-likeness (QED) is 0.784. The number of carbonyl (C=O) groups is 1. The fourth-order valence-corrected chi connectivity index (χ4v) is 2.45. The zero-order chi connectivity index (χ0) is 12.8. The van der Waals surface area contributed by atoms with Crippen molar-refractivity contribution >= 4 is 17.3 Å². The zero-order valence-electron chi connectivity index (χ0n) is 10.6. The lowest BCUT2D eigenvalue weighted by Crippen LogP contribution is -2.38. The molecule has 96 valence electrons. The van der Waals surface area contributed by atoms with E-state index >= 15 is 0 Å². The Kier molecular flexibility index (Phi) is 5.58. The van der Waals surface area contributed by atoms with Crippen LogP contribution in [0.15, 0.2) is 5.51 Å². The first-order valence-corrected chi connectivity index (χ1v) is 6.73. The summed E-state index contributed by atoms with van der Waals surface area (Å²) in [5, 5.41) is 12.2. The second-order valence-corrected chi connectivity index (χ2v) is 5.52. The van der Waals surface area contributed by atoms with Crippen LogP contribution >= 0.6 is 11.3 Å². The smallest absolute Gasteiger partial charge is 0.320 e. The van der Waals surface area contributed by atoms with Crippen LogP contribution in [0.25, 0.3) is 0 Å². The summed E-state index contributed by atoms with van der Waals surface area (Å²) in [7, 11) is 0. The molecule has 0 aromatic carbocycles. The van der Waals surface area contributed by atoms with E-state index in [0.29, 0.717) is 18.9 Å². The predicted octanol–water partition coefficient (Wildman–Crippen LogP) is 2.08. The Morgan fingerprint density at radius 1 is 1.59 bits per heavy atom. The number of carboxylic acid groups (broad SMARTS) is 1. The Morgan fingerprint density at radius 2 is 2.29 bits per heavy atom. The van der Waals surface area contributed by atoms with Crippen molar-refractivity contribution in [2.75, 3.05) is 6.54 Å². The SMILES string of the molecule is Cc1ncsc1CCNC(CC(C)C)C(=O)O. The van der Waals surface area contributed by atoms with Gasteiger partial charge in [-0.05, 0) is 25.7 Å². The van der Waals surface area contributed by atoms with Gasteiger partial charge in [-0.25, -0.2) is 4.98 Å². The van der Waals surface area contributed by atoms with Gasteiger partial charge in [0.1, 0.15) is 6.04 Å². The number of carboxylic acids is 1. The number of hydrogen-bond acceptors (Lipinski definition) is 4. The average Bonchev–Trinajstić information content (AvgIpc) is 2.62. The van der Waals surface area contributed by atoms with Crippen LogP contribution in [0.1, 0.15) is 30.8 Å². The molecule has 0 spiro atoms. The fourth-order valence-electron chi connectivity index (χ4n) is 1.67. The van der Waals surface area contributed by atoms with Gasteiger partial charge in [0, 0.05) is 11.4 Å². The van der Waals surface area contributed by atoms with Crippen LogP contribution in [0.5, 0.6) is 0 Å². The van der Waals surface area contributed by atoms with Crippen LogP contribution in [-0.4, -0.2) is 28.6 Å². The van der Waals surface area contributed by atoms with E-state index in [9.17, 15) is 4.79 Å². The van der Waals surface area contributed by atoms with Crippen molar-refractivity contribution in [1.82, 2.24) is 10.3 Å². The van der Waals surface area contributed by atoms with Gasteiger partial charge >= 0.3 is 5.97 Å². The molecular formula is C12H20N2O2S. The first-order chi connectivity index (χ1) is 8.00. The summed E-state index contributed by atoms with van der Waals surface area (Å²) in [5.74, 6) is -0.381. The van der Waals surface area contributed by atoms with Crippen molar-refractivity contribution < 1.29 is 9.90 Å². The fraction of sp³-hybridized carbons (Fsp3) is 0.667. The number of nitrogens with zero attached hydrogens (tertiary/aromatic N) is 1. The van der Waals surface area contributed by atoms with E-state index in [1.165, 1.54) is 4.88 Å². The normalized spacial score (nSPS) is 12.9. The summed E-state index contributed by atoms with van der Waals surface area (Å²) in [6, 6.07) is -0.441. The molecule has 0 aliphatic heterocycles. The van der Waals surface area contributed by atoms with Crippen molar-refractivity contribution in [3.8, 4) is 0 Å². The van der Waals surface area contributed by atoms with Gasteiger partial charge in [0.15, 0.2) is 0 Å². The van der Waals surface area contributed by atoms with E-state index in [4.69, 9.17) is 5.11 Å². The van der Waals surface area contributed by atoms with Crippen molar-refractivity contribution in [3.05, 3.63) is 16.1 Å². The molecule has 1 rings (SSSR count). The molecular weight excluding hydrogens is 236 g/mol. The monoisotopic (exact) mass is 256 g/mol. The lowest BCUT2D eigenvalue weighted by Gasteiger charge is -2.16. The number of aryl methyl sites for hydroxylation is 1. The van der Waals surface area contributed by atoms with Crippen molar-refractivity contribution in [3.63, 3.8) is 0 Å². The Morgan fingerprint density at radius 3 is 2.76 bits per heavy atom. The highest BCUT2D eigenvalue weighted by Crippen LogP contribution is 2.12. The largest absolute Gasteiger partial charge is 0.480 e. The summed E-state index contributed by atoms with van der Waals surface area (Å²) in [5.41, 5.74) is 2.88. The van der Waals surface area contributed by atoms with Crippen LogP contribution in [0.2, 0.25) is 0 Å². The maximum absolute atomic E-state index is 11.0. The van der Waals surface area contributed by atoms with Crippen LogP contribution in [0.3, 0.4) is 0 Å². The van der Waals surface area contributed by atoms with Gasteiger partial charge in [0.25, 0.3) is 0 Å². The van der Waals surface area contributed by atoms with Gasteiger partial charge in [0.05, 0.1) is 11.2 Å². The maximum atomic E-state index is 11.0. The molecule has 17 heavy (non-hydrogen) atoms. The molecule has 0 radical (unpaired) electrons. The highest BCUT2D eigenvalue weighted by Gasteiger charge is 2.17. The van der Waals surface area contributed by atoms with Gasteiger partial charge in [-0.15, -0.1) is 11.3 Å². The number of aromatic nitrogens is 1. The Labute approximate surface area is 106 Å². The highest BCUT2D eigenvalue weighted by atomic mass is 32.1. The van der Waals surface area contributed by atoms with Crippen molar-refractivity contribution in [2.24, 2.45) is 5.92 Å². The molecule has 1 unspecified atom stereocenters. The van der Waals surface area contributed by atoms with Gasteiger partial charge in [-0.3, -0.25) is 4.79 Å². The summed E-state index contributed by atoms with van der Waals surface area (Å²) in [6.45, 7) is 6.73. The van der Waals surface area contributed by atoms with Gasteiger partial charge in [-0.2, -0.15) is 0 Å². The molecule has 1 atom stereocenters. The van der Waals surface area contributed by atoms with E-state index in [-0.39, 0.29) is 0 Å². The van der Waals surface area contributed by atoms with Gasteiger partial charge in [-0.1, -0.05) is 13.8 Å². The van der Waals surface area contributed by atoms with Crippen molar-refractivity contribution in [2.45, 2.75) is 39.7 Å². The van der Waals surface area contributed by atoms with Gasteiger partial charge < -0.3 is 10.4 Å². The number of thiazole rings is 1. The minimum atomic E-state index is -0.764. The second-order valence-electron chi connectivity index (χ2n) is 4.59. The van der Waals surface area contributed by atoms with E-state index in [1.807, 2.05) is 26.3 Å². The number of rotatable bonds is 7. The van der Waals surface area contributed by atoms with E-state index in [0.717, 1.165) is 12.1 Å². The first-order valence-electron chi connectivity index (χ1n) is 5.86. The summed E-state index contributed by atoms with van der Waals surface area (Å²) >= 11 is 1.62. The molecule has 1 aromatic heterocycles. The van der Waals surface area contributed by atoms with Crippen LogP contribution < -0.4 is 5.32 Å². The Balaban J connectivity index is 2.37. The molecule has 5 heteroatoms. The van der Waals surface area contributed by atoms with Crippen LogP contribution in [0, 0.1) is 12.8 Å². The molecule has 0 aliphatic rings. The standard InChI is InChI=1S/C12H20N2O2S/c1-8(2)6-10(12(15)16)13-5-4-11-9(3)14-7-17-11/h7-8,10,13H,4-6H2,1-3H3,(H,15,16). The van der Waals surface area contributed by atoms with E-state index < -0.39 is 12.0 Å². The predicted molar refractivity (Wildman–Crippen MR) is 69.4 cm³/mol. The topological polar surface area (TPSA) is 62.2 Å². The Hall–Kier alpha value is -0.940. The van der Waals surface area contributed by atoms with Crippen LogP contribution in [0.4, 0.5) is 0 Å². The summed E-state index contributed by atoms with van der Waals surface area (Å²) in [6.07, 6.45) is 1.51. The third-order valence-corrected chi connectivity index (χ3v) is 3.59. The molecule has 4 nitrogen and oxygen atoms in total. The third kappa shape index (κ3) is 4.83. The molecule has 0 saturated heterocycles. The molecule has 0 amide bonds. The minimum Gasteiger partial charge on any atom is -0.480 e. The number of aliphatic carboxylic acids is 1. The third-order valence-electron chi connectivity index (χ3n) is 2.59. The van der Waals surface area contributed by atoms with Gasteiger partial charge in [0.2, 0.25) is 0 Å². The van der Waals surface area contributed by atoms with E-state index in [1.54, 1.807) is 11.3 Å². The number of hydrogen-bond donors (Lipinski definition) is 2. The molecule has 2 N–H and O–H groups in total. The highest BCUT2D eigenvalue weighted by molar-refractivity contribution is 7.09. The number of nitrogens with one attached hydrogen (secondary N) is 1. The average molecular weight is 256 g/mol. The van der Waals surface area contributed by atoms with Crippen molar-refractivity contribution in [1.29, 1.82) is 0 Å². The van der Waals surface area contributed by atoms with E-state index in [2.05, 4.69) is 10.3 Å². The van der Waals surface area contributed by atoms with Crippen LogP contribution in [-0.2, 0) is 11.2 Å². The first kappa shape index (κ1) is 14.1. The molecule has 0 fully saturated rings. The zero-order valence-corrected chi connectivity index (χ0v) is 11.4. The minimum absolute atomic E-state index is 0.383. The molecule has 0 aliphatic carbocycles. The molecule has 1 heterocycles. The lowest BCUT2D eigenvalue weighted by molar-refractivity contribution is -0.139. The molecule has 0 saturated carbocycles. The maximum Gasteiger partial charge on any atom is 0.320 e. The molecule has 1 aromatic rings. The summed E-state index contributed by atoms with van der Waals surface area (Å²) < 4.78 is 0.